The molecule has 0 aliphatic heterocycles. The Morgan fingerprint density at radius 3 is 2.55 bits per heavy atom. The summed E-state index contributed by atoms with van der Waals surface area (Å²) in [5.41, 5.74) is -0.831. The number of methoxy groups -OCH3 is 1. The lowest BCUT2D eigenvalue weighted by molar-refractivity contribution is -0.141. The van der Waals surface area contributed by atoms with E-state index in [0.29, 0.717) is 18.4 Å². The molecular formula is C21H30F3NO4. The molecule has 0 radical (unpaired) electrons. The predicted molar refractivity (Wildman–Crippen MR) is 104 cm³/mol. The molecule has 8 heteroatoms. The number of carbonyl (C=O) groups excluding carboxylic acids is 1. The minimum atomic E-state index is -4.63. The number of alkyl halides is 3. The second-order valence-corrected chi connectivity index (χ2v) is 6.94. The van der Waals surface area contributed by atoms with E-state index in [1.165, 1.54) is 13.2 Å². The van der Waals surface area contributed by atoms with Crippen molar-refractivity contribution >= 4 is 12.0 Å². The first-order valence-corrected chi connectivity index (χ1v) is 9.86. The van der Waals surface area contributed by atoms with Gasteiger partial charge in [0, 0.05) is 6.42 Å². The molecule has 5 nitrogen and oxygen atoms in total. The summed E-state index contributed by atoms with van der Waals surface area (Å²) in [6, 6.07) is 2.12. The van der Waals surface area contributed by atoms with Crippen LogP contribution in [0.5, 0.6) is 0 Å². The van der Waals surface area contributed by atoms with E-state index in [-0.39, 0.29) is 25.0 Å². The minimum Gasteiger partial charge on any atom is -0.469 e. The summed E-state index contributed by atoms with van der Waals surface area (Å²) in [5.74, 6) is -0.452. The molecule has 29 heavy (non-hydrogen) atoms. The average Bonchev–Trinajstić information content (AvgIpc) is 2.67. The second kappa shape index (κ2) is 12.6. The van der Waals surface area contributed by atoms with Crippen LogP contribution in [-0.4, -0.2) is 34.4 Å². The highest BCUT2D eigenvalue weighted by Gasteiger charge is 2.33. The number of nitrogens with zero attached hydrogens (tertiary/aromatic N) is 1. The van der Waals surface area contributed by atoms with Gasteiger partial charge in [-0.3, -0.25) is 4.79 Å². The molecule has 0 aromatic carbocycles. The molecule has 0 fully saturated rings. The average molecular weight is 417 g/mol. The van der Waals surface area contributed by atoms with Crippen molar-refractivity contribution in [3.63, 3.8) is 0 Å². The van der Waals surface area contributed by atoms with Crippen molar-refractivity contribution in [2.45, 2.75) is 76.7 Å². The highest BCUT2D eigenvalue weighted by atomic mass is 19.4. The van der Waals surface area contributed by atoms with Crippen molar-refractivity contribution < 1.29 is 32.9 Å². The summed E-state index contributed by atoms with van der Waals surface area (Å²) in [5, 5.41) is 20.3. The first-order valence-electron chi connectivity index (χ1n) is 9.86. The van der Waals surface area contributed by atoms with Crippen LogP contribution in [0.25, 0.3) is 6.08 Å². The SMILES string of the molecule is CCCCCC(O)C/C=C/c1ccc(C(F)(F)F)nc1C(O)CCCC(=O)OC. The number of hydrogen-bond acceptors (Lipinski definition) is 5. The molecular weight excluding hydrogens is 387 g/mol. The van der Waals surface area contributed by atoms with E-state index in [4.69, 9.17) is 0 Å². The molecule has 0 saturated carbocycles. The van der Waals surface area contributed by atoms with Gasteiger partial charge in [-0.25, -0.2) is 4.98 Å². The Morgan fingerprint density at radius 1 is 1.21 bits per heavy atom. The van der Waals surface area contributed by atoms with Crippen molar-refractivity contribution in [3.05, 3.63) is 35.2 Å². The van der Waals surface area contributed by atoms with Gasteiger partial charge in [0.05, 0.1) is 25.0 Å². The maximum atomic E-state index is 13.0. The lowest BCUT2D eigenvalue weighted by Gasteiger charge is -2.15. The number of esters is 1. The highest BCUT2D eigenvalue weighted by molar-refractivity contribution is 5.69. The third-order valence-corrected chi connectivity index (χ3v) is 4.50. The zero-order valence-corrected chi connectivity index (χ0v) is 16.9. The van der Waals surface area contributed by atoms with E-state index in [1.54, 1.807) is 12.2 Å². The van der Waals surface area contributed by atoms with Gasteiger partial charge in [0.1, 0.15) is 5.69 Å². The van der Waals surface area contributed by atoms with Crippen LogP contribution >= 0.6 is 0 Å². The fourth-order valence-corrected chi connectivity index (χ4v) is 2.83. The summed E-state index contributed by atoms with van der Waals surface area (Å²) in [7, 11) is 1.24. The molecule has 164 valence electrons. The van der Waals surface area contributed by atoms with Crippen molar-refractivity contribution in [2.75, 3.05) is 7.11 Å². The van der Waals surface area contributed by atoms with Gasteiger partial charge in [-0.05, 0) is 37.3 Å². The third-order valence-electron chi connectivity index (χ3n) is 4.50. The maximum Gasteiger partial charge on any atom is 0.433 e. The molecule has 0 saturated heterocycles. The lowest BCUT2D eigenvalue weighted by Crippen LogP contribution is -2.13. The number of hydrogen-bond donors (Lipinski definition) is 2. The van der Waals surface area contributed by atoms with Crippen LogP contribution in [0.15, 0.2) is 18.2 Å². The first kappa shape index (κ1) is 25.1. The lowest BCUT2D eigenvalue weighted by atomic mass is 10.0. The molecule has 2 unspecified atom stereocenters. The molecule has 0 aliphatic rings. The summed E-state index contributed by atoms with van der Waals surface area (Å²) in [6.07, 6.45) is 1.24. The zero-order chi connectivity index (χ0) is 21.9. The first-order chi connectivity index (χ1) is 13.7. The number of halogens is 3. The highest BCUT2D eigenvalue weighted by Crippen LogP contribution is 2.31. The monoisotopic (exact) mass is 417 g/mol. The number of aliphatic hydroxyl groups is 2. The number of rotatable bonds is 12. The van der Waals surface area contributed by atoms with E-state index < -0.39 is 30.0 Å². The molecule has 1 heterocycles. The Balaban J connectivity index is 2.89. The fraction of sp³-hybridized carbons (Fsp3) is 0.619. The molecule has 0 aliphatic carbocycles. The van der Waals surface area contributed by atoms with Gasteiger partial charge < -0.3 is 14.9 Å². The van der Waals surface area contributed by atoms with Gasteiger partial charge in [0.2, 0.25) is 0 Å². The normalized spacial score (nSPS) is 14.2. The van der Waals surface area contributed by atoms with Crippen LogP contribution in [0.1, 0.15) is 81.3 Å². The van der Waals surface area contributed by atoms with Crippen LogP contribution in [0, 0.1) is 0 Å². The molecule has 0 amide bonds. The van der Waals surface area contributed by atoms with Crippen molar-refractivity contribution in [1.29, 1.82) is 0 Å². The zero-order valence-electron chi connectivity index (χ0n) is 16.9. The van der Waals surface area contributed by atoms with Gasteiger partial charge in [0.25, 0.3) is 0 Å². The Labute approximate surface area is 169 Å². The Hall–Kier alpha value is -1.93. The number of aromatic nitrogens is 1. The van der Waals surface area contributed by atoms with Gasteiger partial charge in [0.15, 0.2) is 0 Å². The number of aliphatic hydroxyl groups excluding tert-OH is 2. The number of ether oxygens (including phenoxy) is 1. The summed E-state index contributed by atoms with van der Waals surface area (Å²) >= 11 is 0. The molecule has 2 N–H and O–H groups in total. The van der Waals surface area contributed by atoms with Crippen molar-refractivity contribution in [1.82, 2.24) is 4.98 Å². The summed E-state index contributed by atoms with van der Waals surface area (Å²) in [4.78, 5) is 14.8. The summed E-state index contributed by atoms with van der Waals surface area (Å²) < 4.78 is 43.6. The molecule has 0 spiro atoms. The van der Waals surface area contributed by atoms with Gasteiger partial charge in [-0.1, -0.05) is 44.4 Å². The van der Waals surface area contributed by atoms with E-state index in [9.17, 15) is 28.2 Å². The fourth-order valence-electron chi connectivity index (χ4n) is 2.83. The van der Waals surface area contributed by atoms with Gasteiger partial charge in [-0.15, -0.1) is 0 Å². The predicted octanol–water partition coefficient (Wildman–Crippen LogP) is 4.82. The van der Waals surface area contributed by atoms with Gasteiger partial charge in [-0.2, -0.15) is 13.2 Å². The van der Waals surface area contributed by atoms with Crippen LogP contribution in [0.4, 0.5) is 13.2 Å². The van der Waals surface area contributed by atoms with E-state index in [2.05, 4.69) is 16.6 Å². The number of pyridine rings is 1. The van der Waals surface area contributed by atoms with Crippen molar-refractivity contribution in [3.8, 4) is 0 Å². The Kier molecular flexibility index (Phi) is 10.9. The van der Waals surface area contributed by atoms with Gasteiger partial charge >= 0.3 is 12.1 Å². The van der Waals surface area contributed by atoms with E-state index >= 15 is 0 Å². The second-order valence-electron chi connectivity index (χ2n) is 6.94. The standard InChI is InChI=1S/C21H30F3NO4/c1-3-4-5-9-16(26)10-6-8-15-13-14-18(21(22,23)24)25-20(15)17(27)11-7-12-19(28)29-2/h6,8,13-14,16-17,26-27H,3-5,7,9-12H2,1-2H3/b8-6+. The van der Waals surface area contributed by atoms with Crippen LogP contribution in [0.2, 0.25) is 0 Å². The third kappa shape index (κ3) is 9.41. The van der Waals surface area contributed by atoms with E-state index in [1.807, 2.05) is 0 Å². The topological polar surface area (TPSA) is 79.7 Å². The molecule has 1 rings (SSSR count). The Bertz CT molecular complexity index is 662. The van der Waals surface area contributed by atoms with Crippen LogP contribution in [0.3, 0.4) is 0 Å². The Morgan fingerprint density at radius 2 is 1.93 bits per heavy atom. The molecule has 1 aromatic rings. The van der Waals surface area contributed by atoms with Crippen LogP contribution < -0.4 is 0 Å². The number of carbonyl (C=O) groups is 1. The van der Waals surface area contributed by atoms with Crippen molar-refractivity contribution in [2.24, 2.45) is 0 Å². The largest absolute Gasteiger partial charge is 0.469 e. The molecule has 1 aromatic heterocycles. The quantitative estimate of drug-likeness (QED) is 0.376. The number of unbranched alkanes of at least 4 members (excludes halogenated alkanes) is 2. The van der Waals surface area contributed by atoms with E-state index in [0.717, 1.165) is 25.3 Å². The molecule has 2 atom stereocenters. The summed E-state index contributed by atoms with van der Waals surface area (Å²) in [6.45, 7) is 2.07. The maximum absolute atomic E-state index is 13.0. The smallest absolute Gasteiger partial charge is 0.433 e. The molecule has 0 bridgehead atoms. The van der Waals surface area contributed by atoms with Crippen LogP contribution in [-0.2, 0) is 15.7 Å². The minimum absolute atomic E-state index is 0.0572.